The second-order valence-electron chi connectivity index (χ2n) is 5.16. The Bertz CT molecular complexity index is 282. The van der Waals surface area contributed by atoms with Crippen molar-refractivity contribution in [3.63, 3.8) is 0 Å². The molecule has 0 rings (SSSR count). The zero-order valence-electron chi connectivity index (χ0n) is 12.5. The maximum Gasteiger partial charge on any atom is 0.0448 e. The number of hydrogen-bond acceptors (Lipinski definition) is 1. The summed E-state index contributed by atoms with van der Waals surface area (Å²) in [6.45, 7) is 14.0. The summed E-state index contributed by atoms with van der Waals surface area (Å²) in [6.07, 6.45) is 8.84. The standard InChI is InChI=1S/C16H29N/c1-7-9-16(10-14(5)8-2)15(6)12-17-11-13(3)4/h8-9,11,13,15H,7,10,12H2,1-6H3. The molecule has 0 spiro atoms. The summed E-state index contributed by atoms with van der Waals surface area (Å²) in [5.74, 6) is 1.11. The van der Waals surface area contributed by atoms with E-state index in [1.54, 1.807) is 0 Å². The number of allylic oxidation sites excluding steroid dienone is 3. The Balaban J connectivity index is 4.45. The average Bonchev–Trinajstić information content (AvgIpc) is 2.27. The first-order chi connectivity index (χ1) is 8.01. The van der Waals surface area contributed by atoms with Gasteiger partial charge in [0.25, 0.3) is 0 Å². The highest BCUT2D eigenvalue weighted by Crippen LogP contribution is 2.20. The number of rotatable bonds is 7. The van der Waals surface area contributed by atoms with Gasteiger partial charge in [0.05, 0.1) is 0 Å². The van der Waals surface area contributed by atoms with Crippen molar-refractivity contribution in [3.05, 3.63) is 23.3 Å². The molecule has 1 nitrogen and oxygen atoms in total. The van der Waals surface area contributed by atoms with Gasteiger partial charge in [0.1, 0.15) is 0 Å². The van der Waals surface area contributed by atoms with Gasteiger partial charge in [0.15, 0.2) is 0 Å². The Labute approximate surface area is 108 Å². The summed E-state index contributed by atoms with van der Waals surface area (Å²) >= 11 is 0. The van der Waals surface area contributed by atoms with Gasteiger partial charge < -0.3 is 0 Å². The van der Waals surface area contributed by atoms with E-state index in [-0.39, 0.29) is 0 Å². The van der Waals surface area contributed by atoms with E-state index < -0.39 is 0 Å². The molecule has 1 heteroatoms. The Kier molecular flexibility index (Phi) is 8.75. The van der Waals surface area contributed by atoms with Crippen molar-refractivity contribution in [2.24, 2.45) is 16.8 Å². The summed E-state index contributed by atoms with van der Waals surface area (Å²) in [5.41, 5.74) is 2.98. The van der Waals surface area contributed by atoms with Crippen LogP contribution in [0.4, 0.5) is 0 Å². The Hall–Kier alpha value is -0.850. The van der Waals surface area contributed by atoms with Crippen LogP contribution in [0.5, 0.6) is 0 Å². The van der Waals surface area contributed by atoms with Crippen LogP contribution >= 0.6 is 0 Å². The highest BCUT2D eigenvalue weighted by molar-refractivity contribution is 5.59. The molecule has 0 aromatic heterocycles. The molecule has 0 saturated heterocycles. The molecular weight excluding hydrogens is 206 g/mol. The third-order valence-corrected chi connectivity index (χ3v) is 2.86. The van der Waals surface area contributed by atoms with Crippen LogP contribution in [0.1, 0.15) is 54.4 Å². The first kappa shape index (κ1) is 16.1. The SMILES string of the molecule is CC=C(C)CC(=CCC)C(C)CN=CC(C)C. The third-order valence-electron chi connectivity index (χ3n) is 2.86. The van der Waals surface area contributed by atoms with E-state index in [4.69, 9.17) is 0 Å². The molecule has 0 aromatic rings. The van der Waals surface area contributed by atoms with Crippen LogP contribution in [-0.4, -0.2) is 12.8 Å². The predicted octanol–water partition coefficient (Wildman–Crippen LogP) is 5.04. The van der Waals surface area contributed by atoms with Crippen molar-refractivity contribution < 1.29 is 0 Å². The Morgan fingerprint density at radius 1 is 1.24 bits per heavy atom. The van der Waals surface area contributed by atoms with Gasteiger partial charge in [-0.15, -0.1) is 0 Å². The molecule has 0 amide bonds. The van der Waals surface area contributed by atoms with E-state index in [0.29, 0.717) is 11.8 Å². The fraction of sp³-hybridized carbons (Fsp3) is 0.688. The highest BCUT2D eigenvalue weighted by atomic mass is 14.7. The van der Waals surface area contributed by atoms with Crippen LogP contribution in [0.25, 0.3) is 0 Å². The van der Waals surface area contributed by atoms with E-state index >= 15 is 0 Å². The van der Waals surface area contributed by atoms with Gasteiger partial charge in [-0.3, -0.25) is 4.99 Å². The molecule has 0 N–H and O–H groups in total. The van der Waals surface area contributed by atoms with Crippen LogP contribution in [0.2, 0.25) is 0 Å². The lowest BCUT2D eigenvalue weighted by Gasteiger charge is -2.15. The fourth-order valence-electron chi connectivity index (χ4n) is 1.68. The smallest absolute Gasteiger partial charge is 0.0448 e. The van der Waals surface area contributed by atoms with Crippen LogP contribution in [0.3, 0.4) is 0 Å². The summed E-state index contributed by atoms with van der Waals surface area (Å²) in [5, 5.41) is 0. The second kappa shape index (κ2) is 9.21. The molecule has 1 atom stereocenters. The zero-order valence-corrected chi connectivity index (χ0v) is 12.5. The summed E-state index contributed by atoms with van der Waals surface area (Å²) in [7, 11) is 0. The fourth-order valence-corrected chi connectivity index (χ4v) is 1.68. The molecule has 0 bridgehead atoms. The summed E-state index contributed by atoms with van der Waals surface area (Å²) in [6, 6.07) is 0. The molecule has 0 aromatic carbocycles. The molecule has 0 heterocycles. The number of aliphatic imine (C=N–C) groups is 1. The first-order valence-electron chi connectivity index (χ1n) is 6.81. The minimum atomic E-state index is 0.554. The zero-order chi connectivity index (χ0) is 13.3. The lowest BCUT2D eigenvalue weighted by molar-refractivity contribution is 0.668. The van der Waals surface area contributed by atoms with Crippen molar-refractivity contribution in [1.29, 1.82) is 0 Å². The van der Waals surface area contributed by atoms with Crippen molar-refractivity contribution in [2.75, 3.05) is 6.54 Å². The molecule has 0 aliphatic rings. The van der Waals surface area contributed by atoms with E-state index in [9.17, 15) is 0 Å². The number of nitrogens with zero attached hydrogens (tertiary/aromatic N) is 1. The quantitative estimate of drug-likeness (QED) is 0.433. The third kappa shape index (κ3) is 7.95. The highest BCUT2D eigenvalue weighted by Gasteiger charge is 2.08. The van der Waals surface area contributed by atoms with Crippen LogP contribution in [-0.2, 0) is 0 Å². The molecular formula is C16H29N. The van der Waals surface area contributed by atoms with E-state index in [0.717, 1.165) is 19.4 Å². The minimum absolute atomic E-state index is 0.554. The van der Waals surface area contributed by atoms with Crippen LogP contribution in [0.15, 0.2) is 28.3 Å². The Morgan fingerprint density at radius 2 is 1.88 bits per heavy atom. The molecule has 0 fully saturated rings. The predicted molar refractivity (Wildman–Crippen MR) is 79.8 cm³/mol. The molecule has 0 aliphatic heterocycles. The summed E-state index contributed by atoms with van der Waals surface area (Å²) in [4.78, 5) is 4.52. The van der Waals surface area contributed by atoms with Gasteiger partial charge in [-0.05, 0) is 38.5 Å². The van der Waals surface area contributed by atoms with Crippen LogP contribution in [0, 0.1) is 11.8 Å². The van der Waals surface area contributed by atoms with Gasteiger partial charge in [-0.2, -0.15) is 0 Å². The van der Waals surface area contributed by atoms with Crippen molar-refractivity contribution >= 4 is 6.21 Å². The van der Waals surface area contributed by atoms with E-state index in [1.165, 1.54) is 11.1 Å². The van der Waals surface area contributed by atoms with Crippen molar-refractivity contribution in [2.45, 2.75) is 54.4 Å². The maximum absolute atomic E-state index is 4.52. The lowest BCUT2D eigenvalue weighted by Crippen LogP contribution is -2.05. The largest absolute Gasteiger partial charge is 0.297 e. The number of hydrogen-bond donors (Lipinski definition) is 0. The summed E-state index contributed by atoms with van der Waals surface area (Å²) < 4.78 is 0. The molecule has 98 valence electrons. The maximum atomic E-state index is 4.52. The van der Waals surface area contributed by atoms with E-state index in [2.05, 4.69) is 64.9 Å². The van der Waals surface area contributed by atoms with Gasteiger partial charge in [0, 0.05) is 12.8 Å². The Morgan fingerprint density at radius 3 is 2.35 bits per heavy atom. The van der Waals surface area contributed by atoms with Gasteiger partial charge in [-0.25, -0.2) is 0 Å². The molecule has 1 unspecified atom stereocenters. The normalized spacial score (nSPS) is 15.9. The minimum Gasteiger partial charge on any atom is -0.297 e. The van der Waals surface area contributed by atoms with Crippen molar-refractivity contribution in [3.8, 4) is 0 Å². The van der Waals surface area contributed by atoms with Crippen molar-refractivity contribution in [1.82, 2.24) is 0 Å². The average molecular weight is 235 g/mol. The van der Waals surface area contributed by atoms with Crippen LogP contribution < -0.4 is 0 Å². The lowest BCUT2D eigenvalue weighted by atomic mass is 9.94. The van der Waals surface area contributed by atoms with Gasteiger partial charge in [-0.1, -0.05) is 51.0 Å². The molecule has 0 aliphatic carbocycles. The second-order valence-corrected chi connectivity index (χ2v) is 5.16. The monoisotopic (exact) mass is 235 g/mol. The van der Waals surface area contributed by atoms with Gasteiger partial charge >= 0.3 is 0 Å². The molecule has 17 heavy (non-hydrogen) atoms. The molecule has 0 radical (unpaired) electrons. The van der Waals surface area contributed by atoms with Gasteiger partial charge in [0.2, 0.25) is 0 Å². The first-order valence-corrected chi connectivity index (χ1v) is 6.81. The topological polar surface area (TPSA) is 12.4 Å². The molecule has 0 saturated carbocycles. The van der Waals surface area contributed by atoms with E-state index in [1.807, 2.05) is 0 Å².